The summed E-state index contributed by atoms with van der Waals surface area (Å²) in [4.78, 5) is 35.9. The van der Waals surface area contributed by atoms with E-state index in [1.54, 1.807) is 6.92 Å². The Kier molecular flexibility index (Phi) is 5.36. The van der Waals surface area contributed by atoms with Crippen molar-refractivity contribution in [1.29, 1.82) is 0 Å². The van der Waals surface area contributed by atoms with Gasteiger partial charge in [0.05, 0.1) is 0 Å². The molecule has 0 radical (unpaired) electrons. The highest BCUT2D eigenvalue weighted by molar-refractivity contribution is 5.83. The molecule has 126 valence electrons. The molecule has 0 atom stereocenters. The molecule has 0 aliphatic rings. The molecule has 0 saturated heterocycles. The van der Waals surface area contributed by atoms with Gasteiger partial charge in [0.2, 0.25) is 0 Å². The van der Waals surface area contributed by atoms with Crippen molar-refractivity contribution < 1.29 is 9.53 Å². The molecule has 0 spiro atoms. The topological polar surface area (TPSA) is 82.3 Å². The van der Waals surface area contributed by atoms with Gasteiger partial charge in [-0.3, -0.25) is 19.2 Å². The summed E-state index contributed by atoms with van der Waals surface area (Å²) >= 11 is 0. The van der Waals surface area contributed by atoms with Crippen LogP contribution < -0.4 is 16.6 Å². The minimum Gasteiger partial charge on any atom is -0.444 e. The minimum absolute atomic E-state index is 0.0733. The standard InChI is InChI=1S/C17H19N3O4/c1-12(2)10-20-14(9-15(21)19(3)17(20)23)18-16(22)24-11-13-7-5-4-6-8-13/h4-9H,1,10-11H2,2-3H3,(H,18,22). The van der Waals surface area contributed by atoms with Crippen molar-refractivity contribution in [3.05, 3.63) is 75.0 Å². The number of nitrogens with zero attached hydrogens (tertiary/aromatic N) is 2. The van der Waals surface area contributed by atoms with Gasteiger partial charge in [-0.25, -0.2) is 9.59 Å². The van der Waals surface area contributed by atoms with Crippen molar-refractivity contribution >= 4 is 11.9 Å². The third kappa shape index (κ3) is 4.22. The lowest BCUT2D eigenvalue weighted by molar-refractivity contribution is 0.155. The number of rotatable bonds is 5. The second kappa shape index (κ2) is 7.45. The lowest BCUT2D eigenvalue weighted by Gasteiger charge is -2.14. The molecule has 0 bridgehead atoms. The summed E-state index contributed by atoms with van der Waals surface area (Å²) in [5, 5.41) is 2.44. The molecule has 2 aromatic rings. The SMILES string of the molecule is C=C(C)Cn1c(NC(=O)OCc2ccccc2)cc(=O)n(C)c1=O. The number of benzene rings is 1. The van der Waals surface area contributed by atoms with E-state index in [0.717, 1.165) is 10.1 Å². The molecule has 7 nitrogen and oxygen atoms in total. The first-order valence-corrected chi connectivity index (χ1v) is 7.31. The second-order valence-corrected chi connectivity index (χ2v) is 5.44. The summed E-state index contributed by atoms with van der Waals surface area (Å²) < 4.78 is 7.32. The predicted octanol–water partition coefficient (Wildman–Crippen LogP) is 1.87. The van der Waals surface area contributed by atoms with Gasteiger partial charge in [-0.2, -0.15) is 0 Å². The van der Waals surface area contributed by atoms with Crippen molar-refractivity contribution in [2.45, 2.75) is 20.1 Å². The molecule has 2 rings (SSSR count). The Morgan fingerprint density at radius 1 is 1.25 bits per heavy atom. The lowest BCUT2D eigenvalue weighted by Crippen LogP contribution is -2.39. The maximum absolute atomic E-state index is 12.2. The number of ether oxygens (including phenoxy) is 1. The Bertz CT molecular complexity index is 866. The monoisotopic (exact) mass is 329 g/mol. The summed E-state index contributed by atoms with van der Waals surface area (Å²) in [6, 6.07) is 10.4. The van der Waals surface area contributed by atoms with Crippen molar-refractivity contribution in [3.63, 3.8) is 0 Å². The van der Waals surface area contributed by atoms with Crippen molar-refractivity contribution in [3.8, 4) is 0 Å². The van der Waals surface area contributed by atoms with Crippen molar-refractivity contribution in [2.24, 2.45) is 7.05 Å². The lowest BCUT2D eigenvalue weighted by atomic mass is 10.2. The molecule has 0 saturated carbocycles. The maximum atomic E-state index is 12.2. The first-order valence-electron chi connectivity index (χ1n) is 7.31. The van der Waals surface area contributed by atoms with Crippen LogP contribution in [-0.4, -0.2) is 15.2 Å². The van der Waals surface area contributed by atoms with Gasteiger partial charge >= 0.3 is 11.8 Å². The number of hydrogen-bond acceptors (Lipinski definition) is 4. The third-order valence-electron chi connectivity index (χ3n) is 3.27. The van der Waals surface area contributed by atoms with Crippen LogP contribution in [0.15, 0.2) is 58.1 Å². The highest BCUT2D eigenvalue weighted by Gasteiger charge is 2.13. The van der Waals surface area contributed by atoms with E-state index in [1.165, 1.54) is 17.7 Å². The third-order valence-corrected chi connectivity index (χ3v) is 3.27. The number of allylic oxidation sites excluding steroid dienone is 1. The van der Waals surface area contributed by atoms with Crippen LogP contribution in [0.5, 0.6) is 0 Å². The largest absolute Gasteiger partial charge is 0.444 e. The summed E-state index contributed by atoms with van der Waals surface area (Å²) in [5.74, 6) is 0.0733. The molecular weight excluding hydrogens is 310 g/mol. The second-order valence-electron chi connectivity index (χ2n) is 5.44. The molecule has 7 heteroatoms. The highest BCUT2D eigenvalue weighted by atomic mass is 16.5. The molecule has 0 fully saturated rings. The fraction of sp³-hybridized carbons (Fsp3) is 0.235. The van der Waals surface area contributed by atoms with Crippen LogP contribution in [0, 0.1) is 0 Å². The average Bonchev–Trinajstić information content (AvgIpc) is 2.55. The van der Waals surface area contributed by atoms with E-state index in [0.29, 0.717) is 5.57 Å². The fourth-order valence-electron chi connectivity index (χ4n) is 2.06. The van der Waals surface area contributed by atoms with Gasteiger partial charge in [0.15, 0.2) is 0 Å². The highest BCUT2D eigenvalue weighted by Crippen LogP contribution is 2.07. The van der Waals surface area contributed by atoms with Gasteiger partial charge in [0.25, 0.3) is 5.56 Å². The Balaban J connectivity index is 2.19. The summed E-state index contributed by atoms with van der Waals surface area (Å²) in [5.41, 5.74) is 0.479. The van der Waals surface area contributed by atoms with Crippen molar-refractivity contribution in [2.75, 3.05) is 5.32 Å². The number of anilines is 1. The summed E-state index contributed by atoms with van der Waals surface area (Å²) in [6.07, 6.45) is -0.748. The molecule has 1 N–H and O–H groups in total. The van der Waals surface area contributed by atoms with E-state index in [2.05, 4.69) is 11.9 Å². The predicted molar refractivity (Wildman–Crippen MR) is 91.0 cm³/mol. The van der Waals surface area contributed by atoms with E-state index in [4.69, 9.17) is 4.74 Å². The van der Waals surface area contributed by atoms with E-state index in [1.807, 2.05) is 30.3 Å². The molecule has 1 amide bonds. The number of carbonyl (C=O) groups is 1. The van der Waals surface area contributed by atoms with Crippen LogP contribution >= 0.6 is 0 Å². The Morgan fingerprint density at radius 2 is 1.92 bits per heavy atom. The average molecular weight is 329 g/mol. The van der Waals surface area contributed by atoms with E-state index < -0.39 is 17.3 Å². The summed E-state index contributed by atoms with van der Waals surface area (Å²) in [6.45, 7) is 5.76. The molecule has 24 heavy (non-hydrogen) atoms. The first kappa shape index (κ1) is 17.3. The molecule has 0 aliphatic carbocycles. The van der Waals surface area contributed by atoms with Crippen LogP contribution in [0.3, 0.4) is 0 Å². The molecular formula is C17H19N3O4. The Labute approximate surface area is 138 Å². The zero-order valence-electron chi connectivity index (χ0n) is 13.6. The number of amides is 1. The first-order chi connectivity index (χ1) is 11.4. The normalized spacial score (nSPS) is 10.2. The van der Waals surface area contributed by atoms with Gasteiger partial charge in [0, 0.05) is 19.7 Å². The van der Waals surface area contributed by atoms with Gasteiger partial charge in [-0.1, -0.05) is 42.5 Å². The quantitative estimate of drug-likeness (QED) is 0.849. The zero-order valence-corrected chi connectivity index (χ0v) is 13.6. The van der Waals surface area contributed by atoms with E-state index in [9.17, 15) is 14.4 Å². The number of carbonyl (C=O) groups excluding carboxylic acids is 1. The number of hydrogen-bond donors (Lipinski definition) is 1. The van der Waals surface area contributed by atoms with Gasteiger partial charge < -0.3 is 4.74 Å². The summed E-state index contributed by atoms with van der Waals surface area (Å²) in [7, 11) is 1.37. The molecule has 0 unspecified atom stereocenters. The molecule has 1 heterocycles. The van der Waals surface area contributed by atoms with E-state index >= 15 is 0 Å². The zero-order chi connectivity index (χ0) is 17.7. The number of nitrogens with one attached hydrogen (secondary N) is 1. The van der Waals surface area contributed by atoms with Crippen LogP contribution in [0.1, 0.15) is 12.5 Å². The molecule has 1 aromatic carbocycles. The van der Waals surface area contributed by atoms with Crippen LogP contribution in [0.4, 0.5) is 10.6 Å². The van der Waals surface area contributed by atoms with Gasteiger partial charge in [-0.05, 0) is 12.5 Å². The smallest absolute Gasteiger partial charge is 0.413 e. The minimum atomic E-state index is -0.748. The van der Waals surface area contributed by atoms with Gasteiger partial charge in [0.1, 0.15) is 12.4 Å². The van der Waals surface area contributed by atoms with Crippen molar-refractivity contribution in [1.82, 2.24) is 9.13 Å². The van der Waals surface area contributed by atoms with Crippen LogP contribution in [0.2, 0.25) is 0 Å². The molecule has 0 aliphatic heterocycles. The van der Waals surface area contributed by atoms with Gasteiger partial charge in [-0.15, -0.1) is 0 Å². The fourth-order valence-corrected chi connectivity index (χ4v) is 2.06. The molecule has 1 aromatic heterocycles. The Hall–Kier alpha value is -3.09. The number of aromatic nitrogens is 2. The Morgan fingerprint density at radius 3 is 2.54 bits per heavy atom. The van der Waals surface area contributed by atoms with E-state index in [-0.39, 0.29) is 19.0 Å². The van der Waals surface area contributed by atoms with Crippen LogP contribution in [0.25, 0.3) is 0 Å². The van der Waals surface area contributed by atoms with Crippen LogP contribution in [-0.2, 0) is 24.9 Å². The maximum Gasteiger partial charge on any atom is 0.413 e.